The Morgan fingerprint density at radius 1 is 0.320 bits per heavy atom. The molecular formula is C38H22N4O4S4. The first-order chi connectivity index (χ1) is 24.5. The van der Waals surface area contributed by atoms with Crippen LogP contribution < -0.4 is 20.0 Å². The van der Waals surface area contributed by atoms with Crippen LogP contribution in [-0.4, -0.2) is 23.6 Å². The highest BCUT2D eigenvalue weighted by Crippen LogP contribution is 2.60. The van der Waals surface area contributed by atoms with E-state index in [0.717, 1.165) is 19.6 Å². The molecule has 8 nitrogen and oxygen atoms in total. The predicted molar refractivity (Wildman–Crippen MR) is 200 cm³/mol. The van der Waals surface area contributed by atoms with E-state index in [-0.39, 0.29) is 34.8 Å². The van der Waals surface area contributed by atoms with E-state index in [4.69, 9.17) is 0 Å². The first kappa shape index (κ1) is 30.9. The summed E-state index contributed by atoms with van der Waals surface area (Å²) in [6.45, 7) is 0. The number of amides is 4. The van der Waals surface area contributed by atoms with Crippen molar-refractivity contribution in [3.63, 3.8) is 0 Å². The highest BCUT2D eigenvalue weighted by atomic mass is 32.2. The fraction of sp³-hybridized carbons (Fsp3) is 0. The molecule has 4 amide bonds. The van der Waals surface area contributed by atoms with Gasteiger partial charge in [-0.1, -0.05) is 120 Å². The van der Waals surface area contributed by atoms with E-state index in [1.54, 1.807) is 0 Å². The zero-order valence-corrected chi connectivity index (χ0v) is 29.0. The molecule has 0 aromatic heterocycles. The van der Waals surface area contributed by atoms with E-state index < -0.39 is 0 Å². The number of hydrogen-bond acceptors (Lipinski definition) is 8. The Kier molecular flexibility index (Phi) is 7.61. The molecule has 50 heavy (non-hydrogen) atoms. The smallest absolute Gasteiger partial charge is 0.266 e. The quantitative estimate of drug-likeness (QED) is 0.135. The van der Waals surface area contributed by atoms with Gasteiger partial charge >= 0.3 is 0 Å². The Morgan fingerprint density at radius 3 is 0.760 bits per heavy atom. The molecule has 2 saturated heterocycles. The van der Waals surface area contributed by atoms with Crippen LogP contribution in [0.15, 0.2) is 173 Å². The number of para-hydroxylation sites is 4. The van der Waals surface area contributed by atoms with Gasteiger partial charge in [-0.2, -0.15) is 0 Å². The second-order valence-electron chi connectivity index (χ2n) is 11.3. The van der Waals surface area contributed by atoms with E-state index in [0.29, 0.717) is 31.2 Å². The molecule has 5 aromatic carbocycles. The van der Waals surface area contributed by atoms with Gasteiger partial charge in [-0.25, -0.2) is 20.0 Å². The Hall–Kier alpha value is -5.14. The van der Waals surface area contributed by atoms with Crippen molar-refractivity contribution in [2.24, 2.45) is 0 Å². The Morgan fingerprint density at radius 2 is 0.540 bits per heavy atom. The number of hydrazine groups is 2. The molecule has 2 fully saturated rings. The molecule has 4 aliphatic heterocycles. The summed E-state index contributed by atoms with van der Waals surface area (Å²) in [5.41, 5.74) is 2.62. The van der Waals surface area contributed by atoms with Crippen LogP contribution in [0.5, 0.6) is 0 Å². The summed E-state index contributed by atoms with van der Waals surface area (Å²) in [6.07, 6.45) is 0. The molecule has 0 atom stereocenters. The second kappa shape index (κ2) is 12.3. The van der Waals surface area contributed by atoms with Crippen LogP contribution in [-0.2, 0) is 19.2 Å². The number of rotatable bonds is 4. The molecular weight excluding hydrogens is 705 g/mol. The van der Waals surface area contributed by atoms with Gasteiger partial charge in [-0.3, -0.25) is 19.2 Å². The fourth-order valence-corrected chi connectivity index (χ4v) is 11.3. The fourth-order valence-electron chi connectivity index (χ4n) is 6.01. The number of anilines is 4. The van der Waals surface area contributed by atoms with Gasteiger partial charge in [0.05, 0.1) is 31.2 Å². The lowest BCUT2D eigenvalue weighted by atomic mass is 10.2. The van der Waals surface area contributed by atoms with Crippen LogP contribution >= 0.6 is 47.0 Å². The van der Waals surface area contributed by atoms with E-state index >= 15 is 0 Å². The molecule has 0 spiro atoms. The second-order valence-corrected chi connectivity index (χ2v) is 16.0. The summed E-state index contributed by atoms with van der Waals surface area (Å²) in [5.74, 6) is -1.55. The van der Waals surface area contributed by atoms with Gasteiger partial charge < -0.3 is 0 Å². The standard InChI is InChI=1S/C38H22N4O4S4/c43-33-31(34(44)40(24-15-7-2-8-16-24)39(33)23-13-5-1-6-14-23)37-47-27-21-29-30(22-28(27)48-37)50-38(49-29)32-35(45)41(25-17-9-3-10-18-25)42(36(32)46)26-19-11-4-12-20-26/h1-22H. The molecule has 0 N–H and O–H groups in total. The Balaban J connectivity index is 1.05. The van der Waals surface area contributed by atoms with Crippen LogP contribution in [0.25, 0.3) is 0 Å². The molecule has 0 bridgehead atoms. The molecule has 0 unspecified atom stereocenters. The maximum Gasteiger partial charge on any atom is 0.284 e. The van der Waals surface area contributed by atoms with Crippen molar-refractivity contribution in [1.29, 1.82) is 0 Å². The summed E-state index contributed by atoms with van der Waals surface area (Å²) >= 11 is 5.56. The minimum Gasteiger partial charge on any atom is -0.266 e. The maximum absolute atomic E-state index is 14.0. The average Bonchev–Trinajstić information content (AvgIpc) is 3.88. The average molecular weight is 727 g/mol. The van der Waals surface area contributed by atoms with Crippen molar-refractivity contribution >= 4 is 93.4 Å². The highest BCUT2D eigenvalue weighted by molar-refractivity contribution is 8.25. The summed E-state index contributed by atoms with van der Waals surface area (Å²) < 4.78 is 1.23. The van der Waals surface area contributed by atoms with E-state index in [1.165, 1.54) is 67.1 Å². The Labute approximate surface area is 303 Å². The molecule has 12 heteroatoms. The number of carbonyl (C=O) groups is 4. The summed E-state index contributed by atoms with van der Waals surface area (Å²) in [4.78, 5) is 59.8. The summed E-state index contributed by atoms with van der Waals surface area (Å²) in [7, 11) is 0. The summed E-state index contributed by atoms with van der Waals surface area (Å²) in [6, 6.07) is 40.6. The third-order valence-corrected chi connectivity index (χ3v) is 13.3. The SMILES string of the molecule is O=C1C(=C2Sc3cc4c(cc3S2)SC(=C2C(=O)N(c3ccccc3)N(c3ccccc3)C2=O)S4)C(=O)N(c2ccccc2)N1c1ccccc1. The normalized spacial score (nSPS) is 17.1. The van der Waals surface area contributed by atoms with E-state index in [9.17, 15) is 19.2 Å². The van der Waals surface area contributed by atoms with Gasteiger partial charge in [-0.15, -0.1) is 0 Å². The molecule has 9 rings (SSSR count). The van der Waals surface area contributed by atoms with Crippen molar-refractivity contribution in [1.82, 2.24) is 0 Å². The minimum absolute atomic E-state index is 0.122. The highest BCUT2D eigenvalue weighted by Gasteiger charge is 2.48. The molecule has 4 aliphatic rings. The Bertz CT molecular complexity index is 2000. The van der Waals surface area contributed by atoms with Crippen molar-refractivity contribution in [3.8, 4) is 0 Å². The van der Waals surface area contributed by atoms with Crippen LogP contribution in [0.2, 0.25) is 0 Å². The molecule has 0 aliphatic carbocycles. The van der Waals surface area contributed by atoms with Gasteiger partial charge in [-0.05, 0) is 60.7 Å². The van der Waals surface area contributed by atoms with E-state index in [1.807, 2.05) is 133 Å². The number of benzene rings is 5. The van der Waals surface area contributed by atoms with E-state index in [2.05, 4.69) is 0 Å². The zero-order chi connectivity index (χ0) is 33.9. The lowest BCUT2D eigenvalue weighted by Gasteiger charge is -2.27. The van der Waals surface area contributed by atoms with Gasteiger partial charge in [0.25, 0.3) is 23.6 Å². The molecule has 5 aromatic rings. The molecule has 4 heterocycles. The largest absolute Gasteiger partial charge is 0.284 e. The van der Waals surface area contributed by atoms with Gasteiger partial charge in [0.15, 0.2) is 0 Å². The number of carbonyl (C=O) groups excluding carboxylic acids is 4. The van der Waals surface area contributed by atoms with Gasteiger partial charge in [0.1, 0.15) is 11.1 Å². The third-order valence-electron chi connectivity index (χ3n) is 8.26. The van der Waals surface area contributed by atoms with Gasteiger partial charge in [0, 0.05) is 19.6 Å². The van der Waals surface area contributed by atoms with Crippen LogP contribution in [0.1, 0.15) is 0 Å². The number of hydrogen-bond donors (Lipinski definition) is 0. The molecule has 242 valence electrons. The lowest BCUT2D eigenvalue weighted by Crippen LogP contribution is -2.41. The first-order valence-corrected chi connectivity index (χ1v) is 18.7. The predicted octanol–water partition coefficient (Wildman–Crippen LogP) is 8.50. The minimum atomic E-state index is -0.389. The van der Waals surface area contributed by atoms with Crippen molar-refractivity contribution in [2.45, 2.75) is 19.6 Å². The lowest BCUT2D eigenvalue weighted by molar-refractivity contribution is -0.118. The van der Waals surface area contributed by atoms with Crippen molar-refractivity contribution in [2.75, 3.05) is 20.0 Å². The van der Waals surface area contributed by atoms with Gasteiger partial charge in [0.2, 0.25) is 0 Å². The van der Waals surface area contributed by atoms with Crippen molar-refractivity contribution < 1.29 is 19.2 Å². The van der Waals surface area contributed by atoms with Crippen LogP contribution in [0, 0.1) is 0 Å². The zero-order valence-electron chi connectivity index (χ0n) is 25.8. The topological polar surface area (TPSA) is 81.2 Å². The summed E-state index contributed by atoms with van der Waals surface area (Å²) in [5, 5.41) is 5.73. The number of nitrogens with zero attached hydrogens (tertiary/aromatic N) is 4. The third kappa shape index (κ3) is 4.98. The first-order valence-electron chi connectivity index (χ1n) is 15.4. The number of thioether (sulfide) groups is 4. The van der Waals surface area contributed by atoms with Crippen molar-refractivity contribution in [3.05, 3.63) is 153 Å². The number of fused-ring (bicyclic) bond motifs is 2. The molecule has 0 saturated carbocycles. The van der Waals surface area contributed by atoms with Crippen LogP contribution in [0.3, 0.4) is 0 Å². The maximum atomic E-state index is 14.0. The monoisotopic (exact) mass is 726 g/mol. The van der Waals surface area contributed by atoms with Crippen LogP contribution in [0.4, 0.5) is 22.7 Å². The molecule has 0 radical (unpaired) electrons.